The van der Waals surface area contributed by atoms with Crippen molar-refractivity contribution < 1.29 is 4.74 Å². The Morgan fingerprint density at radius 1 is 1.56 bits per heavy atom. The summed E-state index contributed by atoms with van der Waals surface area (Å²) < 4.78 is 5.67. The predicted molar refractivity (Wildman–Crippen MR) is 76.0 cm³/mol. The van der Waals surface area contributed by atoms with Crippen molar-refractivity contribution in [3.05, 3.63) is 29.3 Å². The summed E-state index contributed by atoms with van der Waals surface area (Å²) in [6, 6.07) is 8.38. The third kappa shape index (κ3) is 2.85. The Labute approximate surface area is 116 Å². The van der Waals surface area contributed by atoms with Gasteiger partial charge in [0.1, 0.15) is 6.07 Å². The van der Waals surface area contributed by atoms with Gasteiger partial charge >= 0.3 is 0 Å². The van der Waals surface area contributed by atoms with E-state index < -0.39 is 0 Å². The number of halogens is 1. The molecule has 0 aromatic heterocycles. The molecule has 0 N–H and O–H groups in total. The van der Waals surface area contributed by atoms with Gasteiger partial charge in [0, 0.05) is 18.4 Å². The molecule has 0 spiro atoms. The Morgan fingerprint density at radius 2 is 2.39 bits per heavy atom. The SMILES string of the molecule is CCC1CN(c2ccc(CBr)cc2C#N)CCO1. The van der Waals surface area contributed by atoms with Gasteiger partial charge < -0.3 is 9.64 Å². The molecule has 1 unspecified atom stereocenters. The van der Waals surface area contributed by atoms with Crippen LogP contribution in [-0.2, 0) is 10.1 Å². The largest absolute Gasteiger partial charge is 0.375 e. The standard InChI is InChI=1S/C14H17BrN2O/c1-2-13-10-17(5-6-18-13)14-4-3-11(8-15)7-12(14)9-16/h3-4,7,13H,2,5-6,8,10H2,1H3. The van der Waals surface area contributed by atoms with Gasteiger partial charge in [0.2, 0.25) is 0 Å². The number of ether oxygens (including phenoxy) is 1. The zero-order valence-corrected chi connectivity index (χ0v) is 12.1. The fourth-order valence-electron chi connectivity index (χ4n) is 2.22. The lowest BCUT2D eigenvalue weighted by Gasteiger charge is -2.34. The molecule has 1 atom stereocenters. The normalized spacial score (nSPS) is 19.6. The minimum absolute atomic E-state index is 0.279. The molecule has 96 valence electrons. The van der Waals surface area contributed by atoms with E-state index in [4.69, 9.17) is 4.74 Å². The van der Waals surface area contributed by atoms with Crippen molar-refractivity contribution in [3.8, 4) is 6.07 Å². The molecule has 0 saturated carbocycles. The summed E-state index contributed by atoms with van der Waals surface area (Å²) in [6.45, 7) is 4.61. The van der Waals surface area contributed by atoms with Gasteiger partial charge in [0.25, 0.3) is 0 Å². The molecular formula is C14H17BrN2O. The molecule has 1 aromatic carbocycles. The van der Waals surface area contributed by atoms with Crippen LogP contribution in [0, 0.1) is 11.3 Å². The lowest BCUT2D eigenvalue weighted by atomic mass is 10.1. The molecule has 1 saturated heterocycles. The second-order valence-corrected chi connectivity index (χ2v) is 5.00. The molecule has 18 heavy (non-hydrogen) atoms. The molecule has 1 aliphatic heterocycles. The van der Waals surface area contributed by atoms with Crippen LogP contribution in [0.4, 0.5) is 5.69 Å². The Balaban J connectivity index is 2.24. The summed E-state index contributed by atoms with van der Waals surface area (Å²) in [4.78, 5) is 2.26. The number of nitrogens with zero attached hydrogens (tertiary/aromatic N) is 2. The van der Waals surface area contributed by atoms with E-state index in [0.717, 1.165) is 48.3 Å². The highest BCUT2D eigenvalue weighted by atomic mass is 79.9. The van der Waals surface area contributed by atoms with Crippen LogP contribution in [0.3, 0.4) is 0 Å². The van der Waals surface area contributed by atoms with Crippen LogP contribution >= 0.6 is 15.9 Å². The Kier molecular flexibility index (Phi) is 4.62. The van der Waals surface area contributed by atoms with Crippen LogP contribution in [0.25, 0.3) is 0 Å². The topological polar surface area (TPSA) is 36.3 Å². The molecule has 0 amide bonds. The monoisotopic (exact) mass is 308 g/mol. The van der Waals surface area contributed by atoms with E-state index in [0.29, 0.717) is 0 Å². The first-order valence-electron chi connectivity index (χ1n) is 6.24. The molecule has 1 fully saturated rings. The lowest BCUT2D eigenvalue weighted by Crippen LogP contribution is -2.42. The molecule has 4 heteroatoms. The molecule has 3 nitrogen and oxygen atoms in total. The average Bonchev–Trinajstić information content (AvgIpc) is 2.46. The molecule has 1 heterocycles. The average molecular weight is 309 g/mol. The molecule has 1 aliphatic rings. The second-order valence-electron chi connectivity index (χ2n) is 4.44. The van der Waals surface area contributed by atoms with E-state index in [9.17, 15) is 5.26 Å². The van der Waals surface area contributed by atoms with E-state index in [1.165, 1.54) is 0 Å². The maximum Gasteiger partial charge on any atom is 0.101 e. The van der Waals surface area contributed by atoms with Crippen LogP contribution in [0.2, 0.25) is 0 Å². The van der Waals surface area contributed by atoms with Crippen LogP contribution < -0.4 is 4.90 Å². The van der Waals surface area contributed by atoms with Crippen molar-refractivity contribution >= 4 is 21.6 Å². The number of alkyl halides is 1. The van der Waals surface area contributed by atoms with E-state index in [1.807, 2.05) is 12.1 Å². The molecule has 0 bridgehead atoms. The number of benzene rings is 1. The van der Waals surface area contributed by atoms with E-state index in [2.05, 4.69) is 39.9 Å². The van der Waals surface area contributed by atoms with Gasteiger partial charge in [-0.2, -0.15) is 5.26 Å². The summed E-state index contributed by atoms with van der Waals surface area (Å²) >= 11 is 3.42. The van der Waals surface area contributed by atoms with Gasteiger partial charge in [0.15, 0.2) is 0 Å². The number of anilines is 1. The van der Waals surface area contributed by atoms with Crippen LogP contribution in [0.15, 0.2) is 18.2 Å². The van der Waals surface area contributed by atoms with Gasteiger partial charge in [-0.25, -0.2) is 0 Å². The summed E-state index contributed by atoms with van der Waals surface area (Å²) in [6.07, 6.45) is 1.29. The predicted octanol–water partition coefficient (Wildman–Crippen LogP) is 3.07. The summed E-state index contributed by atoms with van der Waals surface area (Å²) in [5.41, 5.74) is 2.92. The van der Waals surface area contributed by atoms with Crippen molar-refractivity contribution in [3.63, 3.8) is 0 Å². The van der Waals surface area contributed by atoms with Gasteiger partial charge in [0.05, 0.1) is 24.0 Å². The van der Waals surface area contributed by atoms with Gasteiger partial charge in [-0.15, -0.1) is 0 Å². The highest BCUT2D eigenvalue weighted by molar-refractivity contribution is 9.08. The molecule has 0 radical (unpaired) electrons. The third-order valence-corrected chi connectivity index (χ3v) is 3.92. The van der Waals surface area contributed by atoms with Gasteiger partial charge in [-0.1, -0.05) is 28.9 Å². The molecule has 0 aliphatic carbocycles. The van der Waals surface area contributed by atoms with Gasteiger partial charge in [-0.3, -0.25) is 0 Å². The fourth-order valence-corrected chi connectivity index (χ4v) is 2.57. The number of rotatable bonds is 3. The first-order valence-corrected chi connectivity index (χ1v) is 7.36. The highest BCUT2D eigenvalue weighted by Gasteiger charge is 2.21. The summed E-state index contributed by atoms with van der Waals surface area (Å²) in [5.74, 6) is 0. The lowest BCUT2D eigenvalue weighted by molar-refractivity contribution is 0.0384. The maximum atomic E-state index is 9.27. The van der Waals surface area contributed by atoms with Crippen LogP contribution in [0.5, 0.6) is 0 Å². The smallest absolute Gasteiger partial charge is 0.101 e. The second kappa shape index (κ2) is 6.21. The summed E-state index contributed by atoms with van der Waals surface area (Å²) in [5, 5.41) is 10.0. The van der Waals surface area contributed by atoms with Crippen LogP contribution in [0.1, 0.15) is 24.5 Å². The van der Waals surface area contributed by atoms with Crippen molar-refractivity contribution in [1.29, 1.82) is 5.26 Å². The van der Waals surface area contributed by atoms with Crippen molar-refractivity contribution in [1.82, 2.24) is 0 Å². The van der Waals surface area contributed by atoms with E-state index >= 15 is 0 Å². The highest BCUT2D eigenvalue weighted by Crippen LogP contribution is 2.25. The van der Waals surface area contributed by atoms with Crippen LogP contribution in [-0.4, -0.2) is 25.8 Å². The third-order valence-electron chi connectivity index (χ3n) is 3.27. The molecular weight excluding hydrogens is 292 g/mol. The van der Waals surface area contributed by atoms with E-state index in [-0.39, 0.29) is 6.10 Å². The zero-order valence-electron chi connectivity index (χ0n) is 10.5. The van der Waals surface area contributed by atoms with E-state index in [1.54, 1.807) is 0 Å². The van der Waals surface area contributed by atoms with Gasteiger partial charge in [-0.05, 0) is 24.1 Å². The number of nitriles is 1. The quantitative estimate of drug-likeness (QED) is 0.805. The number of hydrogen-bond acceptors (Lipinski definition) is 3. The Morgan fingerprint density at radius 3 is 3.06 bits per heavy atom. The molecule has 2 rings (SSSR count). The zero-order chi connectivity index (χ0) is 13.0. The number of hydrogen-bond donors (Lipinski definition) is 0. The minimum atomic E-state index is 0.279. The minimum Gasteiger partial charge on any atom is -0.375 e. The number of morpholine rings is 1. The molecule has 1 aromatic rings. The first kappa shape index (κ1) is 13.4. The van der Waals surface area contributed by atoms with Crippen molar-refractivity contribution in [2.24, 2.45) is 0 Å². The van der Waals surface area contributed by atoms with Crippen molar-refractivity contribution in [2.75, 3.05) is 24.6 Å². The first-order chi connectivity index (χ1) is 8.78. The Hall–Kier alpha value is -1.05. The Bertz CT molecular complexity index is 456. The fraction of sp³-hybridized carbons (Fsp3) is 0.500. The maximum absolute atomic E-state index is 9.27. The summed E-state index contributed by atoms with van der Waals surface area (Å²) in [7, 11) is 0. The van der Waals surface area contributed by atoms with Crippen molar-refractivity contribution in [2.45, 2.75) is 24.8 Å².